The lowest BCUT2D eigenvalue weighted by Crippen LogP contribution is -2.08. The normalized spacial score (nSPS) is 11.1. The van der Waals surface area contributed by atoms with E-state index >= 15 is 0 Å². The summed E-state index contributed by atoms with van der Waals surface area (Å²) in [5, 5.41) is 4.50. The summed E-state index contributed by atoms with van der Waals surface area (Å²) in [5.74, 6) is 0.785. The van der Waals surface area contributed by atoms with Crippen LogP contribution in [0.5, 0.6) is 0 Å². The van der Waals surface area contributed by atoms with Crippen LogP contribution in [-0.2, 0) is 6.42 Å². The number of furan rings is 1. The lowest BCUT2D eigenvalue weighted by atomic mass is 10.1. The lowest BCUT2D eigenvalue weighted by molar-refractivity contribution is 0.577. The molecule has 0 saturated carbocycles. The van der Waals surface area contributed by atoms with Gasteiger partial charge in [-0.05, 0) is 35.9 Å². The Bertz CT molecular complexity index is 953. The van der Waals surface area contributed by atoms with Crippen LogP contribution in [0, 0.1) is 0 Å². The summed E-state index contributed by atoms with van der Waals surface area (Å²) in [6, 6.07) is 14.3. The summed E-state index contributed by atoms with van der Waals surface area (Å²) in [4.78, 5) is 6.60. The Labute approximate surface area is 140 Å². The van der Waals surface area contributed by atoms with Gasteiger partial charge >= 0.3 is 0 Å². The predicted molar refractivity (Wildman–Crippen MR) is 94.3 cm³/mol. The van der Waals surface area contributed by atoms with Crippen LogP contribution in [0.1, 0.15) is 11.1 Å². The second-order valence-corrected chi connectivity index (χ2v) is 5.95. The van der Waals surface area contributed by atoms with Crippen LogP contribution in [0.15, 0.2) is 65.5 Å². The number of fused-ring (bicyclic) bond motifs is 1. The van der Waals surface area contributed by atoms with E-state index < -0.39 is 0 Å². The summed E-state index contributed by atoms with van der Waals surface area (Å²) in [5.41, 5.74) is 5.29. The van der Waals surface area contributed by atoms with E-state index in [1.165, 1.54) is 11.3 Å². The van der Waals surface area contributed by atoms with Crippen molar-refractivity contribution in [1.82, 2.24) is 14.6 Å². The van der Waals surface area contributed by atoms with Crippen molar-refractivity contribution >= 4 is 11.3 Å². The second-order valence-electron chi connectivity index (χ2n) is 5.95. The Morgan fingerprint density at radius 1 is 1.08 bits per heavy atom. The van der Waals surface area contributed by atoms with E-state index in [1.54, 1.807) is 12.5 Å². The molecule has 0 aliphatic rings. The lowest BCUT2D eigenvalue weighted by Gasteiger charge is -2.12. The topological polar surface area (TPSA) is 46.6 Å². The fourth-order valence-corrected chi connectivity index (χ4v) is 2.81. The van der Waals surface area contributed by atoms with Gasteiger partial charge in [0.25, 0.3) is 0 Å². The fraction of sp³-hybridized carbons (Fsp3) is 0.158. The standard InChI is InChI=1S/C19H18N4O/c1-22(2)16-7-5-14(6-8-16)12-15-13-21-23-17(9-10-20-19(15)23)18-4-3-11-24-18/h3-11,13H,12H2,1-2H3. The summed E-state index contributed by atoms with van der Waals surface area (Å²) in [6.07, 6.45) is 6.15. The van der Waals surface area contributed by atoms with Gasteiger partial charge in [-0.25, -0.2) is 9.50 Å². The van der Waals surface area contributed by atoms with Gasteiger partial charge in [-0.15, -0.1) is 0 Å². The Kier molecular flexibility index (Phi) is 3.54. The first-order chi connectivity index (χ1) is 11.7. The minimum absolute atomic E-state index is 0.785. The minimum Gasteiger partial charge on any atom is -0.463 e. The van der Waals surface area contributed by atoms with Gasteiger partial charge in [0, 0.05) is 38.0 Å². The van der Waals surface area contributed by atoms with Crippen molar-refractivity contribution < 1.29 is 4.42 Å². The predicted octanol–water partition coefficient (Wildman–Crippen LogP) is 3.65. The molecule has 0 aliphatic heterocycles. The molecule has 4 aromatic rings. The first-order valence-corrected chi connectivity index (χ1v) is 7.84. The fourth-order valence-electron chi connectivity index (χ4n) is 2.81. The van der Waals surface area contributed by atoms with Crippen molar-refractivity contribution in [2.24, 2.45) is 0 Å². The van der Waals surface area contributed by atoms with Crippen molar-refractivity contribution in [3.8, 4) is 11.5 Å². The van der Waals surface area contributed by atoms with E-state index in [0.717, 1.165) is 29.1 Å². The summed E-state index contributed by atoms with van der Waals surface area (Å²) in [6.45, 7) is 0. The van der Waals surface area contributed by atoms with Gasteiger partial charge < -0.3 is 9.32 Å². The van der Waals surface area contributed by atoms with Gasteiger partial charge in [-0.1, -0.05) is 12.1 Å². The highest BCUT2D eigenvalue weighted by molar-refractivity contribution is 5.59. The first kappa shape index (κ1) is 14.5. The number of aromatic nitrogens is 3. The van der Waals surface area contributed by atoms with E-state index in [9.17, 15) is 0 Å². The average Bonchev–Trinajstić information content (AvgIpc) is 3.25. The van der Waals surface area contributed by atoms with E-state index in [-0.39, 0.29) is 0 Å². The molecule has 4 rings (SSSR count). The summed E-state index contributed by atoms with van der Waals surface area (Å²) >= 11 is 0. The number of anilines is 1. The highest BCUT2D eigenvalue weighted by Gasteiger charge is 2.12. The summed E-state index contributed by atoms with van der Waals surface area (Å²) < 4.78 is 7.33. The number of rotatable bonds is 4. The molecule has 5 nitrogen and oxygen atoms in total. The quantitative estimate of drug-likeness (QED) is 0.576. The Balaban J connectivity index is 1.69. The Morgan fingerprint density at radius 2 is 1.92 bits per heavy atom. The summed E-state index contributed by atoms with van der Waals surface area (Å²) in [7, 11) is 4.08. The molecule has 0 radical (unpaired) electrons. The van der Waals surface area contributed by atoms with Gasteiger partial charge in [-0.2, -0.15) is 5.10 Å². The molecule has 1 aromatic carbocycles. The zero-order chi connectivity index (χ0) is 16.5. The molecule has 0 fully saturated rings. The zero-order valence-corrected chi connectivity index (χ0v) is 13.7. The maximum absolute atomic E-state index is 5.50. The highest BCUT2D eigenvalue weighted by atomic mass is 16.3. The molecule has 0 amide bonds. The molecule has 0 N–H and O–H groups in total. The van der Waals surface area contributed by atoms with E-state index in [2.05, 4.69) is 39.2 Å². The maximum Gasteiger partial charge on any atom is 0.159 e. The third kappa shape index (κ3) is 2.54. The van der Waals surface area contributed by atoms with Crippen molar-refractivity contribution in [2.45, 2.75) is 6.42 Å². The number of benzene rings is 1. The van der Waals surface area contributed by atoms with Gasteiger partial charge in [0.15, 0.2) is 11.4 Å². The molecule has 120 valence electrons. The van der Waals surface area contributed by atoms with Gasteiger partial charge in [0.05, 0.1) is 12.5 Å². The van der Waals surface area contributed by atoms with Crippen LogP contribution in [-0.4, -0.2) is 28.7 Å². The Hall–Kier alpha value is -3.08. The van der Waals surface area contributed by atoms with Crippen LogP contribution < -0.4 is 4.90 Å². The van der Waals surface area contributed by atoms with Crippen LogP contribution in [0.3, 0.4) is 0 Å². The Morgan fingerprint density at radius 3 is 2.62 bits per heavy atom. The molecule has 0 unspecified atom stereocenters. The third-order valence-electron chi connectivity index (χ3n) is 4.10. The molecule has 0 spiro atoms. The van der Waals surface area contributed by atoms with Crippen molar-refractivity contribution in [3.05, 3.63) is 72.2 Å². The molecule has 3 heterocycles. The van der Waals surface area contributed by atoms with E-state index in [1.807, 2.05) is 43.0 Å². The first-order valence-electron chi connectivity index (χ1n) is 7.84. The van der Waals surface area contributed by atoms with Crippen LogP contribution in [0.2, 0.25) is 0 Å². The molecule has 0 saturated heterocycles. The van der Waals surface area contributed by atoms with E-state index in [0.29, 0.717) is 0 Å². The van der Waals surface area contributed by atoms with Crippen molar-refractivity contribution in [3.63, 3.8) is 0 Å². The van der Waals surface area contributed by atoms with Crippen LogP contribution in [0.25, 0.3) is 17.1 Å². The average molecular weight is 318 g/mol. The highest BCUT2D eigenvalue weighted by Crippen LogP contribution is 2.23. The van der Waals surface area contributed by atoms with Gasteiger partial charge in [-0.3, -0.25) is 0 Å². The number of nitrogens with zero attached hydrogens (tertiary/aromatic N) is 4. The maximum atomic E-state index is 5.50. The van der Waals surface area contributed by atoms with Crippen molar-refractivity contribution in [1.29, 1.82) is 0 Å². The molecule has 5 heteroatoms. The van der Waals surface area contributed by atoms with Crippen molar-refractivity contribution in [2.75, 3.05) is 19.0 Å². The molecule has 0 aliphatic carbocycles. The largest absolute Gasteiger partial charge is 0.463 e. The molecule has 3 aromatic heterocycles. The number of hydrogen-bond acceptors (Lipinski definition) is 4. The zero-order valence-electron chi connectivity index (χ0n) is 13.7. The van der Waals surface area contributed by atoms with Crippen LogP contribution in [0.4, 0.5) is 5.69 Å². The minimum atomic E-state index is 0.785. The number of hydrogen-bond donors (Lipinski definition) is 0. The smallest absolute Gasteiger partial charge is 0.159 e. The molecular formula is C19H18N4O. The monoisotopic (exact) mass is 318 g/mol. The SMILES string of the molecule is CN(C)c1ccc(Cc2cnn3c(-c4ccco4)ccnc23)cc1. The molecule has 0 atom stereocenters. The second kappa shape index (κ2) is 5.85. The van der Waals surface area contributed by atoms with E-state index in [4.69, 9.17) is 4.42 Å². The molecular weight excluding hydrogens is 300 g/mol. The van der Waals surface area contributed by atoms with Gasteiger partial charge in [0.1, 0.15) is 5.69 Å². The molecule has 0 bridgehead atoms. The molecule has 24 heavy (non-hydrogen) atoms. The van der Waals surface area contributed by atoms with Gasteiger partial charge in [0.2, 0.25) is 0 Å². The third-order valence-corrected chi connectivity index (χ3v) is 4.10. The van der Waals surface area contributed by atoms with Crippen LogP contribution >= 0.6 is 0 Å².